The van der Waals surface area contributed by atoms with Gasteiger partial charge >= 0.3 is 12.1 Å². The van der Waals surface area contributed by atoms with Crippen molar-refractivity contribution in [1.82, 2.24) is 0 Å². The number of rotatable bonds is 12. The third-order valence-corrected chi connectivity index (χ3v) is 5.87. The third-order valence-electron chi connectivity index (χ3n) is 5.87. The summed E-state index contributed by atoms with van der Waals surface area (Å²) in [5.41, 5.74) is 3.49. The highest BCUT2D eigenvalue weighted by Crippen LogP contribution is 2.36. The second-order valence-corrected chi connectivity index (χ2v) is 8.31. The highest BCUT2D eigenvalue weighted by atomic mass is 19.3. The zero-order valence-corrected chi connectivity index (χ0v) is 19.6. The monoisotopic (exact) mass is 476 g/mol. The zero-order valence-electron chi connectivity index (χ0n) is 19.6. The van der Waals surface area contributed by atoms with Crippen LogP contribution in [0.15, 0.2) is 54.1 Å². The molecule has 0 fully saturated rings. The fourth-order valence-electron chi connectivity index (χ4n) is 3.93. The molecule has 1 aliphatic carbocycles. The van der Waals surface area contributed by atoms with Crippen molar-refractivity contribution in [3.8, 4) is 5.75 Å². The molecule has 3 rings (SSSR count). The first-order chi connectivity index (χ1) is 16.3. The van der Waals surface area contributed by atoms with E-state index in [0.717, 1.165) is 16.7 Å². The van der Waals surface area contributed by atoms with E-state index in [1.807, 2.05) is 49.4 Å². The number of fused-ring (bicyclic) bond motifs is 1. The number of alkyl halides is 3. The second-order valence-electron chi connectivity index (χ2n) is 8.31. The molecule has 0 N–H and O–H groups in total. The van der Waals surface area contributed by atoms with Crippen molar-refractivity contribution in [3.63, 3.8) is 0 Å². The van der Waals surface area contributed by atoms with Gasteiger partial charge in [-0.25, -0.2) is 9.18 Å². The van der Waals surface area contributed by atoms with Crippen LogP contribution < -0.4 is 4.74 Å². The quantitative estimate of drug-likeness (QED) is 0.254. The first kappa shape index (κ1) is 25.8. The average Bonchev–Trinajstić information content (AvgIpc) is 2.83. The lowest BCUT2D eigenvalue weighted by atomic mass is 9.86. The van der Waals surface area contributed by atoms with Crippen LogP contribution in [0.3, 0.4) is 0 Å². The van der Waals surface area contributed by atoms with Gasteiger partial charge in [0.25, 0.3) is 0 Å². The summed E-state index contributed by atoms with van der Waals surface area (Å²) < 4.78 is 57.8. The summed E-state index contributed by atoms with van der Waals surface area (Å²) >= 11 is 0. The number of hydrogen-bond acceptors (Lipinski definition) is 4. The molecule has 0 aliphatic heterocycles. The van der Waals surface area contributed by atoms with Gasteiger partial charge in [0.05, 0.1) is 0 Å². The summed E-state index contributed by atoms with van der Waals surface area (Å²) in [4.78, 5) is 12.5. The highest BCUT2D eigenvalue weighted by Gasteiger charge is 2.45. The molecule has 0 amide bonds. The van der Waals surface area contributed by atoms with E-state index in [1.54, 1.807) is 13.0 Å². The maximum atomic E-state index is 14.2. The van der Waals surface area contributed by atoms with Crippen LogP contribution in [0.2, 0.25) is 0 Å². The molecule has 7 heteroatoms. The molecule has 4 nitrogen and oxygen atoms in total. The van der Waals surface area contributed by atoms with Crippen LogP contribution in [0.4, 0.5) is 13.2 Å². The number of carbonyl (C=O) groups excluding carboxylic acids is 1. The molecule has 0 aromatic heterocycles. The lowest BCUT2D eigenvalue weighted by Crippen LogP contribution is -2.36. The predicted molar refractivity (Wildman–Crippen MR) is 124 cm³/mol. The lowest BCUT2D eigenvalue weighted by molar-refractivity contribution is -0.259. The molecule has 1 aliphatic rings. The van der Waals surface area contributed by atoms with E-state index in [4.69, 9.17) is 9.47 Å². The van der Waals surface area contributed by atoms with E-state index in [-0.39, 0.29) is 18.4 Å². The van der Waals surface area contributed by atoms with Crippen molar-refractivity contribution in [1.29, 1.82) is 0 Å². The standard InChI is InChI=1S/C27H31F3O4/c1-3-32-16-8-7-11-25(28)27(29,30)34-26(31)24-14-12-21-17-22(13-15-23(21)19(24)2)33-18-20-9-5-4-6-10-20/h4-6,9-10,13,15,17,25H,3,7-8,11-12,14,16,18H2,1-2H3/t25-/m1/s1. The molecule has 0 saturated heterocycles. The zero-order chi connectivity index (χ0) is 24.6. The van der Waals surface area contributed by atoms with Crippen molar-refractivity contribution in [2.75, 3.05) is 13.2 Å². The van der Waals surface area contributed by atoms with Crippen LogP contribution in [0, 0.1) is 0 Å². The Balaban J connectivity index is 1.61. The Labute approximate surface area is 198 Å². The van der Waals surface area contributed by atoms with E-state index < -0.39 is 24.7 Å². The highest BCUT2D eigenvalue weighted by molar-refractivity contribution is 5.98. The van der Waals surface area contributed by atoms with Crippen molar-refractivity contribution in [3.05, 3.63) is 70.8 Å². The summed E-state index contributed by atoms with van der Waals surface area (Å²) in [6, 6.07) is 15.3. The SMILES string of the molecule is CCOCCCC[C@@H](F)C(F)(F)OC(=O)C1=C(C)c2ccc(OCc3ccccc3)cc2CC1. The van der Waals surface area contributed by atoms with Gasteiger partial charge in [-0.2, -0.15) is 8.78 Å². The maximum Gasteiger partial charge on any atom is 0.432 e. The summed E-state index contributed by atoms with van der Waals surface area (Å²) in [5.74, 6) is -0.480. The van der Waals surface area contributed by atoms with Gasteiger partial charge in [0, 0.05) is 18.8 Å². The van der Waals surface area contributed by atoms with Crippen LogP contribution in [0.1, 0.15) is 56.2 Å². The van der Waals surface area contributed by atoms with E-state index in [2.05, 4.69) is 4.74 Å². The Kier molecular flexibility index (Phi) is 9.16. The minimum atomic E-state index is -4.18. The summed E-state index contributed by atoms with van der Waals surface area (Å²) in [6.45, 7) is 4.85. The number of benzene rings is 2. The second kappa shape index (κ2) is 12.1. The maximum absolute atomic E-state index is 14.2. The van der Waals surface area contributed by atoms with Crippen LogP contribution in [0.5, 0.6) is 5.75 Å². The van der Waals surface area contributed by atoms with E-state index in [9.17, 15) is 18.0 Å². The lowest BCUT2D eigenvalue weighted by Gasteiger charge is -2.24. The fraction of sp³-hybridized carbons (Fsp3) is 0.444. The molecular weight excluding hydrogens is 445 g/mol. The Bertz CT molecular complexity index is 989. The Morgan fingerprint density at radius 3 is 2.59 bits per heavy atom. The van der Waals surface area contributed by atoms with Gasteiger partial charge in [-0.3, -0.25) is 0 Å². The molecular formula is C27H31F3O4. The van der Waals surface area contributed by atoms with Gasteiger partial charge in [0.2, 0.25) is 6.17 Å². The Hall–Kier alpha value is -2.80. The number of carbonyl (C=O) groups is 1. The number of allylic oxidation sites excluding steroid dienone is 1. The first-order valence-electron chi connectivity index (χ1n) is 11.6. The summed E-state index contributed by atoms with van der Waals surface area (Å²) in [7, 11) is 0. The van der Waals surface area contributed by atoms with Gasteiger partial charge in [-0.15, -0.1) is 0 Å². The first-order valence-corrected chi connectivity index (χ1v) is 11.6. The molecule has 1 atom stereocenters. The molecule has 0 spiro atoms. The van der Waals surface area contributed by atoms with E-state index in [0.29, 0.717) is 44.0 Å². The van der Waals surface area contributed by atoms with Crippen molar-refractivity contribution >= 4 is 11.5 Å². The van der Waals surface area contributed by atoms with Crippen LogP contribution in [0.25, 0.3) is 5.57 Å². The number of unbranched alkanes of at least 4 members (excludes halogenated alkanes) is 1. The van der Waals surface area contributed by atoms with Gasteiger partial charge in [-0.05, 0) is 80.3 Å². The molecule has 0 heterocycles. The minimum Gasteiger partial charge on any atom is -0.489 e. The number of hydrogen-bond donors (Lipinski definition) is 0. The number of halogens is 3. The topological polar surface area (TPSA) is 44.8 Å². The van der Waals surface area contributed by atoms with Crippen molar-refractivity contribution in [2.24, 2.45) is 0 Å². The number of esters is 1. The molecule has 0 radical (unpaired) electrons. The van der Waals surface area contributed by atoms with Crippen molar-refractivity contribution < 1.29 is 32.2 Å². The molecule has 0 saturated carbocycles. The molecule has 2 aromatic rings. The molecule has 0 bridgehead atoms. The van der Waals surface area contributed by atoms with Crippen LogP contribution in [-0.4, -0.2) is 31.5 Å². The molecule has 2 aromatic carbocycles. The summed E-state index contributed by atoms with van der Waals surface area (Å²) in [6.07, 6.45) is -5.73. The Morgan fingerprint density at radius 2 is 1.85 bits per heavy atom. The predicted octanol–water partition coefficient (Wildman–Crippen LogP) is 6.67. The smallest absolute Gasteiger partial charge is 0.432 e. The average molecular weight is 477 g/mol. The number of ether oxygens (including phenoxy) is 3. The largest absolute Gasteiger partial charge is 0.489 e. The van der Waals surface area contributed by atoms with Gasteiger partial charge < -0.3 is 14.2 Å². The van der Waals surface area contributed by atoms with E-state index >= 15 is 0 Å². The van der Waals surface area contributed by atoms with Crippen LogP contribution in [-0.2, 0) is 27.3 Å². The van der Waals surface area contributed by atoms with Gasteiger partial charge in [-0.1, -0.05) is 36.4 Å². The molecule has 34 heavy (non-hydrogen) atoms. The Morgan fingerprint density at radius 1 is 1.09 bits per heavy atom. The van der Waals surface area contributed by atoms with Crippen LogP contribution >= 0.6 is 0 Å². The molecule has 184 valence electrons. The van der Waals surface area contributed by atoms with E-state index in [1.165, 1.54) is 0 Å². The fourth-order valence-corrected chi connectivity index (χ4v) is 3.93. The number of aryl methyl sites for hydroxylation is 1. The normalized spacial score (nSPS) is 14.5. The molecule has 0 unspecified atom stereocenters. The minimum absolute atomic E-state index is 0.147. The van der Waals surface area contributed by atoms with Gasteiger partial charge in [0.1, 0.15) is 12.4 Å². The van der Waals surface area contributed by atoms with Crippen molar-refractivity contribution in [2.45, 2.75) is 64.8 Å². The third kappa shape index (κ3) is 6.86. The summed E-state index contributed by atoms with van der Waals surface area (Å²) in [5, 5.41) is 0. The van der Waals surface area contributed by atoms with Gasteiger partial charge in [0.15, 0.2) is 0 Å².